The molecule has 26 heavy (non-hydrogen) atoms. The highest BCUT2D eigenvalue weighted by atomic mass is 32.1. The lowest BCUT2D eigenvalue weighted by atomic mass is 10.1. The number of carbonyl (C=O) groups excluding carboxylic acids is 2. The number of carbonyl (C=O) groups is 2. The first kappa shape index (κ1) is 18.1. The standard InChI is InChI=1S/C21H21NO3S/c1-14-6-8-17(9-7-14)22-15(2)11-19(16(22)3)20(23)13-25-21(24)12-18-5-4-10-26-18/h4-11H,12-13H2,1-3H3. The van der Waals surface area contributed by atoms with E-state index in [0.717, 1.165) is 22.0 Å². The molecule has 1 aromatic carbocycles. The van der Waals surface area contributed by atoms with Gasteiger partial charge in [-0.2, -0.15) is 0 Å². The van der Waals surface area contributed by atoms with Gasteiger partial charge in [0.2, 0.25) is 5.78 Å². The quantitative estimate of drug-likeness (QED) is 0.478. The fourth-order valence-corrected chi connectivity index (χ4v) is 3.66. The van der Waals surface area contributed by atoms with Crippen LogP contribution in [0.25, 0.3) is 5.69 Å². The van der Waals surface area contributed by atoms with Crippen LogP contribution in [-0.4, -0.2) is 22.9 Å². The second-order valence-electron chi connectivity index (χ2n) is 6.30. The molecular formula is C21H21NO3S. The Labute approximate surface area is 157 Å². The van der Waals surface area contributed by atoms with Crippen molar-refractivity contribution in [2.45, 2.75) is 27.2 Å². The molecule has 2 aromatic heterocycles. The first-order valence-corrected chi connectivity index (χ1v) is 9.31. The van der Waals surface area contributed by atoms with Crippen LogP contribution in [-0.2, 0) is 16.0 Å². The number of aryl methyl sites for hydroxylation is 2. The molecule has 4 nitrogen and oxygen atoms in total. The van der Waals surface area contributed by atoms with Crippen LogP contribution in [0, 0.1) is 20.8 Å². The zero-order valence-electron chi connectivity index (χ0n) is 15.1. The SMILES string of the molecule is Cc1ccc(-n2c(C)cc(C(=O)COC(=O)Cc3cccs3)c2C)cc1. The van der Waals surface area contributed by atoms with E-state index in [-0.39, 0.29) is 24.8 Å². The molecule has 0 aliphatic rings. The van der Waals surface area contributed by atoms with Crippen molar-refractivity contribution in [3.8, 4) is 5.69 Å². The number of aromatic nitrogens is 1. The smallest absolute Gasteiger partial charge is 0.311 e. The van der Waals surface area contributed by atoms with E-state index in [1.165, 1.54) is 16.9 Å². The summed E-state index contributed by atoms with van der Waals surface area (Å²) in [7, 11) is 0. The lowest BCUT2D eigenvalue weighted by Crippen LogP contribution is -2.16. The van der Waals surface area contributed by atoms with Gasteiger partial charge in [-0.25, -0.2) is 0 Å². The third-order valence-electron chi connectivity index (χ3n) is 4.29. The Morgan fingerprint density at radius 2 is 1.81 bits per heavy atom. The number of rotatable bonds is 6. The van der Waals surface area contributed by atoms with E-state index in [9.17, 15) is 9.59 Å². The summed E-state index contributed by atoms with van der Waals surface area (Å²) in [6.07, 6.45) is 0.202. The van der Waals surface area contributed by atoms with E-state index in [2.05, 4.69) is 0 Å². The number of ketones is 1. The van der Waals surface area contributed by atoms with Gasteiger partial charge >= 0.3 is 5.97 Å². The predicted octanol–water partition coefficient (Wildman–Crippen LogP) is 4.43. The highest BCUT2D eigenvalue weighted by Crippen LogP contribution is 2.22. The lowest BCUT2D eigenvalue weighted by Gasteiger charge is -2.10. The van der Waals surface area contributed by atoms with Crippen LogP contribution in [0.4, 0.5) is 0 Å². The van der Waals surface area contributed by atoms with Crippen LogP contribution >= 0.6 is 11.3 Å². The van der Waals surface area contributed by atoms with Gasteiger partial charge in [0, 0.05) is 27.5 Å². The van der Waals surface area contributed by atoms with Crippen LogP contribution in [0.15, 0.2) is 47.8 Å². The Bertz CT molecular complexity index is 921. The molecule has 0 aliphatic heterocycles. The van der Waals surface area contributed by atoms with E-state index < -0.39 is 0 Å². The number of hydrogen-bond acceptors (Lipinski definition) is 4. The molecule has 0 spiro atoms. The van der Waals surface area contributed by atoms with Crippen LogP contribution in [0.2, 0.25) is 0 Å². The number of hydrogen-bond donors (Lipinski definition) is 0. The summed E-state index contributed by atoms with van der Waals surface area (Å²) >= 11 is 1.50. The molecule has 3 rings (SSSR count). The third kappa shape index (κ3) is 3.94. The van der Waals surface area contributed by atoms with Gasteiger partial charge in [0.05, 0.1) is 6.42 Å². The summed E-state index contributed by atoms with van der Waals surface area (Å²) in [5, 5.41) is 1.91. The Morgan fingerprint density at radius 1 is 1.08 bits per heavy atom. The first-order chi connectivity index (χ1) is 12.5. The molecule has 0 unspecified atom stereocenters. The molecule has 0 bridgehead atoms. The maximum Gasteiger partial charge on any atom is 0.311 e. The summed E-state index contributed by atoms with van der Waals surface area (Å²) in [6, 6.07) is 13.8. The van der Waals surface area contributed by atoms with Crippen LogP contribution in [0.5, 0.6) is 0 Å². The molecule has 134 valence electrons. The largest absolute Gasteiger partial charge is 0.457 e. The van der Waals surface area contributed by atoms with Crippen molar-refractivity contribution >= 4 is 23.1 Å². The Balaban J connectivity index is 1.71. The summed E-state index contributed by atoms with van der Waals surface area (Å²) in [5.74, 6) is -0.566. The van der Waals surface area contributed by atoms with Gasteiger partial charge < -0.3 is 9.30 Å². The molecule has 0 radical (unpaired) electrons. The molecule has 5 heteroatoms. The van der Waals surface area contributed by atoms with Crippen molar-refractivity contribution in [2.24, 2.45) is 0 Å². The van der Waals surface area contributed by atoms with E-state index in [0.29, 0.717) is 5.56 Å². The average molecular weight is 367 g/mol. The van der Waals surface area contributed by atoms with Crippen molar-refractivity contribution in [3.63, 3.8) is 0 Å². The maximum atomic E-state index is 12.5. The summed E-state index contributed by atoms with van der Waals surface area (Å²) < 4.78 is 7.21. The van der Waals surface area contributed by atoms with Crippen molar-refractivity contribution in [3.05, 3.63) is 75.2 Å². The second-order valence-corrected chi connectivity index (χ2v) is 7.33. The van der Waals surface area contributed by atoms with Gasteiger partial charge in [0.1, 0.15) is 0 Å². The molecule has 0 fully saturated rings. The highest BCUT2D eigenvalue weighted by Gasteiger charge is 2.18. The van der Waals surface area contributed by atoms with Gasteiger partial charge in [-0.15, -0.1) is 11.3 Å². The second kappa shape index (κ2) is 7.70. The summed E-state index contributed by atoms with van der Waals surface area (Å²) in [4.78, 5) is 25.3. The molecule has 0 saturated carbocycles. The zero-order chi connectivity index (χ0) is 18.7. The highest BCUT2D eigenvalue weighted by molar-refractivity contribution is 7.10. The molecule has 0 amide bonds. The third-order valence-corrected chi connectivity index (χ3v) is 5.16. The monoisotopic (exact) mass is 367 g/mol. The lowest BCUT2D eigenvalue weighted by molar-refractivity contribution is -0.141. The first-order valence-electron chi connectivity index (χ1n) is 8.43. The molecule has 3 aromatic rings. The van der Waals surface area contributed by atoms with Crippen LogP contribution in [0.1, 0.15) is 32.2 Å². The van der Waals surface area contributed by atoms with Gasteiger partial charge in [-0.3, -0.25) is 9.59 Å². The van der Waals surface area contributed by atoms with Gasteiger partial charge in [0.15, 0.2) is 6.61 Å². The zero-order valence-corrected chi connectivity index (χ0v) is 15.9. The predicted molar refractivity (Wildman–Crippen MR) is 103 cm³/mol. The van der Waals surface area contributed by atoms with Crippen molar-refractivity contribution in [2.75, 3.05) is 6.61 Å². The molecule has 0 atom stereocenters. The van der Waals surface area contributed by atoms with Gasteiger partial charge in [0.25, 0.3) is 0 Å². The number of ether oxygens (including phenoxy) is 1. The number of Topliss-reactive ketones (excluding diaryl/α,β-unsaturated/α-hetero) is 1. The van der Waals surface area contributed by atoms with Crippen molar-refractivity contribution < 1.29 is 14.3 Å². The average Bonchev–Trinajstić information content (AvgIpc) is 3.22. The van der Waals surface area contributed by atoms with Gasteiger partial charge in [-0.1, -0.05) is 23.8 Å². The molecular weight excluding hydrogens is 346 g/mol. The Hall–Kier alpha value is -2.66. The van der Waals surface area contributed by atoms with E-state index >= 15 is 0 Å². The minimum absolute atomic E-state index is 0.184. The fourth-order valence-electron chi connectivity index (χ4n) is 2.97. The molecule has 2 heterocycles. The normalized spacial score (nSPS) is 10.7. The minimum Gasteiger partial charge on any atom is -0.457 e. The van der Waals surface area contributed by atoms with E-state index in [1.54, 1.807) is 0 Å². The van der Waals surface area contributed by atoms with Crippen LogP contribution in [0.3, 0.4) is 0 Å². The van der Waals surface area contributed by atoms with E-state index in [1.807, 2.05) is 73.2 Å². The number of thiophene rings is 1. The topological polar surface area (TPSA) is 48.3 Å². The molecule has 0 aliphatic carbocycles. The number of nitrogens with zero attached hydrogens (tertiary/aromatic N) is 1. The van der Waals surface area contributed by atoms with Crippen LogP contribution < -0.4 is 0 Å². The number of benzene rings is 1. The van der Waals surface area contributed by atoms with Gasteiger partial charge in [-0.05, 0) is 50.4 Å². The fraction of sp³-hybridized carbons (Fsp3) is 0.238. The molecule has 0 N–H and O–H groups in total. The maximum absolute atomic E-state index is 12.5. The van der Waals surface area contributed by atoms with Crippen molar-refractivity contribution in [1.82, 2.24) is 4.57 Å². The summed E-state index contributed by atoms with van der Waals surface area (Å²) in [6.45, 7) is 5.68. The minimum atomic E-state index is -0.381. The Morgan fingerprint density at radius 3 is 2.46 bits per heavy atom. The van der Waals surface area contributed by atoms with Crippen molar-refractivity contribution in [1.29, 1.82) is 0 Å². The number of esters is 1. The summed E-state index contributed by atoms with van der Waals surface area (Å²) in [5.41, 5.74) is 4.61. The van der Waals surface area contributed by atoms with E-state index in [4.69, 9.17) is 4.74 Å². The molecule has 0 saturated heterocycles. The Kier molecular flexibility index (Phi) is 5.38.